The maximum absolute atomic E-state index is 5.59. The Morgan fingerprint density at radius 1 is 0.750 bits per heavy atom. The zero-order chi connectivity index (χ0) is 20.9. The smallest absolute Gasteiger partial charge is 0.151 e. The number of nitrogens with zero attached hydrogens (tertiary/aromatic N) is 4. The van der Waals surface area contributed by atoms with E-state index in [1.165, 1.54) is 11.1 Å². The van der Waals surface area contributed by atoms with Crippen molar-refractivity contribution >= 4 is 12.4 Å². The second kappa shape index (κ2) is 10.6. The van der Waals surface area contributed by atoms with Gasteiger partial charge in [-0.3, -0.25) is 14.8 Å². The summed E-state index contributed by atoms with van der Waals surface area (Å²) < 4.78 is 5.59. The van der Waals surface area contributed by atoms with Crippen molar-refractivity contribution in [1.82, 2.24) is 19.9 Å². The van der Waals surface area contributed by atoms with Gasteiger partial charge in [-0.25, -0.2) is 0 Å². The van der Waals surface area contributed by atoms with Crippen LogP contribution in [0.4, 0.5) is 0 Å². The van der Waals surface area contributed by atoms with Crippen LogP contribution in [0.5, 0.6) is 0 Å². The van der Waals surface area contributed by atoms with E-state index in [2.05, 4.69) is 80.6 Å². The van der Waals surface area contributed by atoms with Gasteiger partial charge in [-0.2, -0.15) is 0 Å². The Kier molecular flexibility index (Phi) is 7.32. The highest BCUT2D eigenvalue weighted by atomic mass is 35.5. The Morgan fingerprint density at radius 3 is 1.97 bits per heavy atom. The Balaban J connectivity index is 0.00000245. The molecule has 1 aliphatic heterocycles. The Hall–Kier alpha value is -2.99. The minimum Gasteiger partial charge on any atom is -0.359 e. The second-order valence-electron chi connectivity index (χ2n) is 7.93. The van der Waals surface area contributed by atoms with Crippen LogP contribution in [0.15, 0.2) is 95.6 Å². The molecule has 5 nitrogen and oxygen atoms in total. The largest absolute Gasteiger partial charge is 0.359 e. The molecule has 0 bridgehead atoms. The first-order chi connectivity index (χ1) is 15.4. The highest BCUT2D eigenvalue weighted by Crippen LogP contribution is 2.29. The predicted molar refractivity (Wildman–Crippen MR) is 129 cm³/mol. The molecular weight excluding hydrogens is 420 g/mol. The molecule has 164 valence electrons. The van der Waals surface area contributed by atoms with Crippen molar-refractivity contribution in [1.29, 1.82) is 0 Å². The summed E-state index contributed by atoms with van der Waals surface area (Å²) >= 11 is 0. The number of rotatable bonds is 6. The molecule has 32 heavy (non-hydrogen) atoms. The zero-order valence-corrected chi connectivity index (χ0v) is 18.7. The van der Waals surface area contributed by atoms with Gasteiger partial charge in [0, 0.05) is 38.4 Å². The molecule has 0 amide bonds. The first-order valence-electron chi connectivity index (χ1n) is 10.8. The van der Waals surface area contributed by atoms with Crippen molar-refractivity contribution < 1.29 is 4.52 Å². The molecule has 3 heterocycles. The molecule has 5 rings (SSSR count). The van der Waals surface area contributed by atoms with Crippen molar-refractivity contribution in [3.05, 3.63) is 108 Å². The number of benzene rings is 2. The van der Waals surface area contributed by atoms with Crippen LogP contribution < -0.4 is 0 Å². The van der Waals surface area contributed by atoms with Crippen LogP contribution in [0.25, 0.3) is 11.4 Å². The lowest BCUT2D eigenvalue weighted by atomic mass is 9.96. The lowest BCUT2D eigenvalue weighted by Crippen LogP contribution is -2.47. The van der Waals surface area contributed by atoms with Crippen molar-refractivity contribution in [3.8, 4) is 11.4 Å². The van der Waals surface area contributed by atoms with Crippen molar-refractivity contribution in [2.75, 3.05) is 26.2 Å². The number of hydrogen-bond donors (Lipinski definition) is 0. The summed E-state index contributed by atoms with van der Waals surface area (Å²) in [5, 5.41) is 4.20. The minimum atomic E-state index is 0. The molecule has 1 fully saturated rings. The summed E-state index contributed by atoms with van der Waals surface area (Å²) in [6, 6.07) is 29.7. The highest BCUT2D eigenvalue weighted by Gasteiger charge is 2.26. The van der Waals surface area contributed by atoms with Gasteiger partial charge in [0.1, 0.15) is 5.69 Å². The summed E-state index contributed by atoms with van der Waals surface area (Å²) in [6.07, 6.45) is 1.78. The van der Waals surface area contributed by atoms with Crippen LogP contribution >= 0.6 is 12.4 Å². The Bertz CT molecular complexity index is 1040. The third-order valence-electron chi connectivity index (χ3n) is 5.87. The summed E-state index contributed by atoms with van der Waals surface area (Å²) in [7, 11) is 0. The van der Waals surface area contributed by atoms with E-state index in [0.29, 0.717) is 0 Å². The van der Waals surface area contributed by atoms with Gasteiger partial charge in [-0.1, -0.05) is 71.9 Å². The van der Waals surface area contributed by atoms with E-state index in [1.54, 1.807) is 6.20 Å². The molecule has 0 radical (unpaired) electrons. The van der Waals surface area contributed by atoms with Crippen LogP contribution in [0.1, 0.15) is 22.9 Å². The average molecular weight is 447 g/mol. The zero-order valence-electron chi connectivity index (χ0n) is 17.9. The Labute approximate surface area is 195 Å². The van der Waals surface area contributed by atoms with Crippen molar-refractivity contribution in [2.24, 2.45) is 0 Å². The number of pyridine rings is 1. The maximum Gasteiger partial charge on any atom is 0.151 e. The quantitative estimate of drug-likeness (QED) is 0.414. The fourth-order valence-electron chi connectivity index (χ4n) is 4.31. The van der Waals surface area contributed by atoms with Gasteiger partial charge in [-0.15, -0.1) is 12.4 Å². The first-order valence-corrected chi connectivity index (χ1v) is 10.8. The number of halogens is 1. The van der Waals surface area contributed by atoms with E-state index < -0.39 is 0 Å². The molecule has 1 saturated heterocycles. The topological polar surface area (TPSA) is 45.4 Å². The summed E-state index contributed by atoms with van der Waals surface area (Å²) in [5.41, 5.74) is 4.33. The van der Waals surface area contributed by atoms with Crippen LogP contribution in [0, 0.1) is 0 Å². The average Bonchev–Trinajstić information content (AvgIpc) is 3.31. The Morgan fingerprint density at radius 2 is 1.38 bits per heavy atom. The normalized spacial score (nSPS) is 14.9. The van der Waals surface area contributed by atoms with Gasteiger partial charge >= 0.3 is 0 Å². The molecule has 2 aromatic carbocycles. The molecule has 0 unspecified atom stereocenters. The number of hydrogen-bond acceptors (Lipinski definition) is 5. The van der Waals surface area contributed by atoms with Crippen LogP contribution in [0.3, 0.4) is 0 Å². The lowest BCUT2D eigenvalue weighted by Gasteiger charge is -2.39. The molecule has 0 saturated carbocycles. The standard InChI is InChI=1S/C26H26N4O.ClH/c1-3-9-21(10-4-1)26(22-11-5-2-6-12-22)30-17-15-29(16-18-30)20-23-19-25(28-31-23)24-13-7-8-14-27-24;/h1-14,19,26H,15-18,20H2;1H. The summed E-state index contributed by atoms with van der Waals surface area (Å²) in [5.74, 6) is 0.886. The monoisotopic (exact) mass is 446 g/mol. The third kappa shape index (κ3) is 5.07. The number of piperazine rings is 1. The molecule has 0 spiro atoms. The summed E-state index contributed by atoms with van der Waals surface area (Å²) in [6.45, 7) is 4.78. The molecule has 0 aliphatic carbocycles. The molecule has 1 aliphatic rings. The third-order valence-corrected chi connectivity index (χ3v) is 5.87. The second-order valence-corrected chi connectivity index (χ2v) is 7.93. The van der Waals surface area contributed by atoms with E-state index in [9.17, 15) is 0 Å². The van der Waals surface area contributed by atoms with Gasteiger partial charge in [0.25, 0.3) is 0 Å². The highest BCUT2D eigenvalue weighted by molar-refractivity contribution is 5.85. The van der Waals surface area contributed by atoms with E-state index in [0.717, 1.165) is 49.9 Å². The van der Waals surface area contributed by atoms with Gasteiger partial charge in [0.05, 0.1) is 18.3 Å². The predicted octanol–water partition coefficient (Wildman–Crippen LogP) is 5.07. The maximum atomic E-state index is 5.59. The van der Waals surface area contributed by atoms with Gasteiger partial charge in [0.2, 0.25) is 0 Å². The SMILES string of the molecule is Cl.c1ccc(C(c2ccccc2)N2CCN(Cc3cc(-c4ccccn4)no3)CC2)cc1. The van der Waals surface area contributed by atoms with Gasteiger partial charge in [0.15, 0.2) is 5.76 Å². The van der Waals surface area contributed by atoms with Crippen LogP contribution in [-0.4, -0.2) is 46.1 Å². The first kappa shape index (κ1) is 22.2. The van der Waals surface area contributed by atoms with Crippen LogP contribution in [0.2, 0.25) is 0 Å². The lowest BCUT2D eigenvalue weighted by molar-refractivity contribution is 0.0980. The van der Waals surface area contributed by atoms with Crippen LogP contribution in [-0.2, 0) is 6.54 Å². The molecule has 0 atom stereocenters. The van der Waals surface area contributed by atoms with Gasteiger partial charge in [-0.05, 0) is 23.3 Å². The number of aromatic nitrogens is 2. The van der Waals surface area contributed by atoms with E-state index in [1.807, 2.05) is 24.3 Å². The van der Waals surface area contributed by atoms with E-state index in [-0.39, 0.29) is 18.4 Å². The minimum absolute atomic E-state index is 0. The summed E-state index contributed by atoms with van der Waals surface area (Å²) in [4.78, 5) is 9.37. The van der Waals surface area contributed by atoms with Gasteiger partial charge < -0.3 is 4.52 Å². The molecule has 2 aromatic heterocycles. The fourth-order valence-corrected chi connectivity index (χ4v) is 4.31. The van der Waals surface area contributed by atoms with E-state index >= 15 is 0 Å². The molecular formula is C26H27ClN4O. The molecule has 4 aromatic rings. The van der Waals surface area contributed by atoms with Crippen molar-refractivity contribution in [2.45, 2.75) is 12.6 Å². The van der Waals surface area contributed by atoms with E-state index in [4.69, 9.17) is 4.52 Å². The van der Waals surface area contributed by atoms with Crippen molar-refractivity contribution in [3.63, 3.8) is 0 Å². The molecule has 6 heteroatoms. The fraction of sp³-hybridized carbons (Fsp3) is 0.231. The molecule has 0 N–H and O–H groups in total.